The summed E-state index contributed by atoms with van der Waals surface area (Å²) in [6.07, 6.45) is 0.855. The van der Waals surface area contributed by atoms with Gasteiger partial charge < -0.3 is 15.2 Å². The minimum Gasteiger partial charge on any atom is -0.497 e. The van der Waals surface area contributed by atoms with Crippen molar-refractivity contribution in [3.63, 3.8) is 0 Å². The molecular weight excluding hydrogens is 230 g/mol. The zero-order valence-corrected chi connectivity index (χ0v) is 10.7. The molecule has 2 rings (SSSR count). The normalized spacial score (nSPS) is 27.8. The molecule has 1 saturated heterocycles. The Bertz CT molecular complexity index is 416. The maximum Gasteiger partial charge on any atom is 0.308 e. The average Bonchev–Trinajstić information content (AvgIpc) is 2.38. The molecule has 0 aromatic heterocycles. The summed E-state index contributed by atoms with van der Waals surface area (Å²) in [6.45, 7) is 2.80. The van der Waals surface area contributed by atoms with Crippen molar-refractivity contribution in [2.75, 3.05) is 13.7 Å². The number of carboxylic acid groups (broad SMARTS) is 1. The van der Waals surface area contributed by atoms with Gasteiger partial charge in [0.2, 0.25) is 0 Å². The Morgan fingerprint density at radius 2 is 2.06 bits per heavy atom. The number of aliphatic carboxylic acids is 1. The van der Waals surface area contributed by atoms with Gasteiger partial charge in [0.15, 0.2) is 0 Å². The Hall–Kier alpha value is -1.55. The molecule has 0 aliphatic carbocycles. The van der Waals surface area contributed by atoms with Gasteiger partial charge in [-0.1, -0.05) is 12.1 Å². The largest absolute Gasteiger partial charge is 0.497 e. The van der Waals surface area contributed by atoms with Crippen LogP contribution in [0.25, 0.3) is 0 Å². The van der Waals surface area contributed by atoms with Crippen LogP contribution in [0.2, 0.25) is 0 Å². The van der Waals surface area contributed by atoms with E-state index in [1.165, 1.54) is 0 Å². The van der Waals surface area contributed by atoms with E-state index < -0.39 is 5.97 Å². The molecule has 98 valence electrons. The van der Waals surface area contributed by atoms with Crippen molar-refractivity contribution in [3.05, 3.63) is 29.8 Å². The molecule has 1 heterocycles. The molecule has 0 saturated carbocycles. The van der Waals surface area contributed by atoms with Gasteiger partial charge in [-0.15, -0.1) is 0 Å². The first-order chi connectivity index (χ1) is 8.63. The number of hydrogen-bond donors (Lipinski definition) is 2. The zero-order valence-electron chi connectivity index (χ0n) is 10.7. The Labute approximate surface area is 107 Å². The zero-order chi connectivity index (χ0) is 13.1. The fourth-order valence-electron chi connectivity index (χ4n) is 2.73. The van der Waals surface area contributed by atoms with Crippen molar-refractivity contribution in [1.82, 2.24) is 5.32 Å². The van der Waals surface area contributed by atoms with Crippen LogP contribution in [0.4, 0.5) is 0 Å². The minimum absolute atomic E-state index is 0.00310. The maximum atomic E-state index is 11.4. The van der Waals surface area contributed by atoms with Gasteiger partial charge in [-0.25, -0.2) is 0 Å². The minimum atomic E-state index is -0.726. The number of carbonyl (C=O) groups is 1. The first-order valence-corrected chi connectivity index (χ1v) is 6.23. The fraction of sp³-hybridized carbons (Fsp3) is 0.500. The lowest BCUT2D eigenvalue weighted by atomic mass is 9.77. The third-order valence-corrected chi connectivity index (χ3v) is 3.72. The second-order valence-corrected chi connectivity index (χ2v) is 4.78. The monoisotopic (exact) mass is 249 g/mol. The van der Waals surface area contributed by atoms with Crippen LogP contribution in [0, 0.1) is 5.92 Å². The van der Waals surface area contributed by atoms with Crippen molar-refractivity contribution in [2.24, 2.45) is 5.92 Å². The Morgan fingerprint density at radius 3 is 2.61 bits per heavy atom. The molecule has 1 fully saturated rings. The van der Waals surface area contributed by atoms with E-state index in [4.69, 9.17) is 4.74 Å². The molecule has 4 heteroatoms. The molecule has 1 aromatic carbocycles. The van der Waals surface area contributed by atoms with E-state index in [1.54, 1.807) is 7.11 Å². The quantitative estimate of drug-likeness (QED) is 0.858. The summed E-state index contributed by atoms with van der Waals surface area (Å²) >= 11 is 0. The first kappa shape index (κ1) is 12.9. The van der Waals surface area contributed by atoms with Gasteiger partial charge >= 0.3 is 5.97 Å². The summed E-state index contributed by atoms with van der Waals surface area (Å²) in [4.78, 5) is 11.4. The topological polar surface area (TPSA) is 58.6 Å². The number of piperidine rings is 1. The molecular formula is C14H19NO3. The molecule has 4 nitrogen and oxygen atoms in total. The molecule has 1 aromatic rings. The van der Waals surface area contributed by atoms with Gasteiger partial charge in [0, 0.05) is 6.04 Å². The number of carboxylic acids is 1. The maximum absolute atomic E-state index is 11.4. The highest BCUT2D eigenvalue weighted by atomic mass is 16.5. The molecule has 0 radical (unpaired) electrons. The van der Waals surface area contributed by atoms with Gasteiger partial charge in [0.25, 0.3) is 0 Å². The standard InChI is InChI=1S/C14H19NO3/c1-9-13(14(16)17)12(7-8-15-9)10-3-5-11(18-2)6-4-10/h3-6,9,12-13,15H,7-8H2,1-2H3,(H,16,17)/t9-,12+,13+/m0/s1. The predicted octanol–water partition coefficient (Wildman–Crippen LogP) is 1.86. The highest BCUT2D eigenvalue weighted by Crippen LogP contribution is 2.34. The van der Waals surface area contributed by atoms with Crippen molar-refractivity contribution in [1.29, 1.82) is 0 Å². The van der Waals surface area contributed by atoms with E-state index in [-0.39, 0.29) is 17.9 Å². The van der Waals surface area contributed by atoms with Crippen LogP contribution >= 0.6 is 0 Å². The molecule has 18 heavy (non-hydrogen) atoms. The molecule has 1 aliphatic rings. The lowest BCUT2D eigenvalue weighted by Crippen LogP contribution is -2.46. The fourth-order valence-corrected chi connectivity index (χ4v) is 2.73. The number of hydrogen-bond acceptors (Lipinski definition) is 3. The van der Waals surface area contributed by atoms with Crippen molar-refractivity contribution in [2.45, 2.75) is 25.3 Å². The summed E-state index contributed by atoms with van der Waals surface area (Å²) in [6, 6.07) is 7.72. The predicted molar refractivity (Wildman–Crippen MR) is 68.9 cm³/mol. The van der Waals surface area contributed by atoms with Crippen LogP contribution in [0.3, 0.4) is 0 Å². The summed E-state index contributed by atoms with van der Waals surface area (Å²) in [5.41, 5.74) is 1.08. The smallest absolute Gasteiger partial charge is 0.308 e. The van der Waals surface area contributed by atoms with Crippen LogP contribution in [-0.2, 0) is 4.79 Å². The van der Waals surface area contributed by atoms with Crippen LogP contribution in [0.15, 0.2) is 24.3 Å². The van der Waals surface area contributed by atoms with Crippen LogP contribution < -0.4 is 10.1 Å². The average molecular weight is 249 g/mol. The number of benzene rings is 1. The Balaban J connectivity index is 2.25. The van der Waals surface area contributed by atoms with E-state index in [1.807, 2.05) is 31.2 Å². The second kappa shape index (κ2) is 5.40. The van der Waals surface area contributed by atoms with Crippen molar-refractivity contribution < 1.29 is 14.6 Å². The van der Waals surface area contributed by atoms with Crippen molar-refractivity contribution in [3.8, 4) is 5.75 Å². The number of rotatable bonds is 3. The summed E-state index contributed by atoms with van der Waals surface area (Å²) in [5.74, 6) is -0.222. The van der Waals surface area contributed by atoms with Crippen LogP contribution in [-0.4, -0.2) is 30.8 Å². The van der Waals surface area contributed by atoms with E-state index in [0.717, 1.165) is 24.3 Å². The SMILES string of the molecule is COc1ccc([C@H]2CCN[C@@H](C)[C@H]2C(=O)O)cc1. The van der Waals surface area contributed by atoms with E-state index in [9.17, 15) is 9.90 Å². The van der Waals surface area contributed by atoms with Crippen LogP contribution in [0.5, 0.6) is 5.75 Å². The molecule has 0 bridgehead atoms. The van der Waals surface area contributed by atoms with Crippen molar-refractivity contribution >= 4 is 5.97 Å². The van der Waals surface area contributed by atoms with Gasteiger partial charge in [-0.3, -0.25) is 4.79 Å². The van der Waals surface area contributed by atoms with Gasteiger partial charge in [-0.2, -0.15) is 0 Å². The molecule has 1 aliphatic heterocycles. The summed E-state index contributed by atoms with van der Waals surface area (Å²) < 4.78 is 5.12. The van der Waals surface area contributed by atoms with Gasteiger partial charge in [-0.05, 0) is 43.5 Å². The molecule has 2 N–H and O–H groups in total. The highest BCUT2D eigenvalue weighted by Gasteiger charge is 2.36. The number of nitrogens with one attached hydrogen (secondary N) is 1. The lowest BCUT2D eigenvalue weighted by molar-refractivity contribution is -0.144. The first-order valence-electron chi connectivity index (χ1n) is 6.23. The molecule has 0 spiro atoms. The van der Waals surface area contributed by atoms with Gasteiger partial charge in [0.1, 0.15) is 5.75 Å². The third-order valence-electron chi connectivity index (χ3n) is 3.72. The molecule has 3 atom stereocenters. The molecule has 0 unspecified atom stereocenters. The van der Waals surface area contributed by atoms with Gasteiger partial charge in [0.05, 0.1) is 13.0 Å². The Kier molecular flexibility index (Phi) is 3.87. The number of methoxy groups -OCH3 is 1. The summed E-state index contributed by atoms with van der Waals surface area (Å²) in [7, 11) is 1.63. The Morgan fingerprint density at radius 1 is 1.39 bits per heavy atom. The van der Waals surface area contributed by atoms with Crippen LogP contribution in [0.1, 0.15) is 24.8 Å². The lowest BCUT2D eigenvalue weighted by Gasteiger charge is -2.34. The number of ether oxygens (including phenoxy) is 1. The highest BCUT2D eigenvalue weighted by molar-refractivity contribution is 5.72. The van der Waals surface area contributed by atoms with E-state index in [2.05, 4.69) is 5.32 Å². The summed E-state index contributed by atoms with van der Waals surface area (Å²) in [5, 5.41) is 12.6. The third kappa shape index (κ3) is 2.48. The van der Waals surface area contributed by atoms with E-state index >= 15 is 0 Å². The second-order valence-electron chi connectivity index (χ2n) is 4.78. The molecule has 0 amide bonds. The van der Waals surface area contributed by atoms with E-state index in [0.29, 0.717) is 0 Å².